The number of nitrogens with zero attached hydrogens (tertiary/aromatic N) is 1. The van der Waals surface area contributed by atoms with Crippen molar-refractivity contribution in [1.82, 2.24) is 19.7 Å². The Labute approximate surface area is 404 Å². The maximum Gasteiger partial charge on any atom is 0.409 e. The van der Waals surface area contributed by atoms with Gasteiger partial charge in [0.15, 0.2) is 5.72 Å². The zero-order valence-electron chi connectivity index (χ0n) is 38.2. The molecule has 1 aromatic carbocycles. The van der Waals surface area contributed by atoms with E-state index in [1.54, 1.807) is 38.3 Å². The third kappa shape index (κ3) is 18.0. The van der Waals surface area contributed by atoms with E-state index in [2.05, 4.69) is 19.7 Å². The van der Waals surface area contributed by atoms with Crippen LogP contribution in [-0.2, 0) is 68.2 Å². The number of aliphatic hydroxyl groups is 1. The number of halogens is 2. The lowest BCUT2D eigenvalue weighted by Gasteiger charge is -2.53. The topological polar surface area (TPSA) is 241 Å². The predicted molar refractivity (Wildman–Crippen MR) is 247 cm³/mol. The van der Waals surface area contributed by atoms with Crippen molar-refractivity contribution < 1.29 is 76.4 Å². The fourth-order valence-electron chi connectivity index (χ4n) is 7.25. The lowest BCUT2D eigenvalue weighted by atomic mass is 9.79. The molecule has 1 aromatic rings. The van der Waals surface area contributed by atoms with Gasteiger partial charge in [-0.1, -0.05) is 35.4 Å². The SMILES string of the molecule is COc1cc2cc(c1Cl)N(C)C(=O)C[C@H](OC(=O)COCCOCCOCCOCCOCCOCCNC(=O)CNNI)[C@@]1(C)C[C@@H](O1)[C@@H]1C[C@@](O)(NC(=O)O1)[C@H](OC)/C=C/C=C(\C)C2. The van der Waals surface area contributed by atoms with Crippen LogP contribution in [0.5, 0.6) is 5.75 Å². The molecule has 6 atom stereocenters. The first-order chi connectivity index (χ1) is 31.7. The van der Waals surface area contributed by atoms with Gasteiger partial charge in [0.05, 0.1) is 105 Å². The second kappa shape index (κ2) is 28.9. The van der Waals surface area contributed by atoms with Crippen LogP contribution in [0.4, 0.5) is 10.5 Å². The summed E-state index contributed by atoms with van der Waals surface area (Å²) in [6.45, 7) is 7.45. The normalized spacial score (nSPS) is 25.8. The Kier molecular flexibility index (Phi) is 24.3. The molecule has 6 bridgehead atoms. The van der Waals surface area contributed by atoms with Crippen LogP contribution < -0.4 is 29.3 Å². The molecule has 21 nitrogen and oxygen atoms in total. The number of alkyl carbamates (subject to hydrolysis) is 1. The first kappa shape index (κ1) is 55.4. The second-order valence-electron chi connectivity index (χ2n) is 15.8. The van der Waals surface area contributed by atoms with E-state index in [4.69, 9.17) is 63.7 Å². The fraction of sp³-hybridized carbons (Fsp3) is 0.674. The van der Waals surface area contributed by atoms with Gasteiger partial charge < -0.3 is 67.4 Å². The minimum absolute atomic E-state index is 0.0753. The molecule has 2 fully saturated rings. The molecule has 0 aliphatic carbocycles. The van der Waals surface area contributed by atoms with Gasteiger partial charge in [-0.2, -0.15) is 3.64 Å². The van der Waals surface area contributed by atoms with Crippen LogP contribution in [0.1, 0.15) is 38.7 Å². The molecule has 0 unspecified atom stereocenters. The van der Waals surface area contributed by atoms with Gasteiger partial charge in [-0.05, 0) is 38.0 Å². The van der Waals surface area contributed by atoms with Crippen LogP contribution in [0, 0.1) is 0 Å². The molecule has 0 aromatic heterocycles. The van der Waals surface area contributed by atoms with Gasteiger partial charge in [-0.15, -0.1) is 0 Å². The van der Waals surface area contributed by atoms with E-state index in [-0.39, 0.29) is 50.0 Å². The standard InChI is InChI=1S/C43H65ClIN5O16/c1-29-7-6-8-35(57-5)43(55)26-33(64-41(54)48-43)34-25-42(2,66-34)36(24-38(52)50(3)31-22-30(21-29)23-32(56-4)40(31)44)65-39(53)28-63-20-19-62-18-17-61-16-15-60-14-13-59-12-11-58-10-9-46-37(51)27-47-49-45/h6-8,22-23,33-36,47,49,55H,9-21,24-28H2,1-5H3,(H,46,51)(H,48,54)/b8-6+,29-7+/t33-,34+,35+,36-,42+,43-/m0/s1. The van der Waals surface area contributed by atoms with Crippen molar-refractivity contribution in [2.24, 2.45) is 0 Å². The van der Waals surface area contributed by atoms with Crippen LogP contribution >= 0.6 is 34.5 Å². The number of hydrogen-bond acceptors (Lipinski definition) is 18. The number of carbonyl (C=O) groups is 4. The molecular weight excluding hydrogens is 1000 g/mol. The zero-order chi connectivity index (χ0) is 48.0. The summed E-state index contributed by atoms with van der Waals surface area (Å²) >= 11 is 8.63. The predicted octanol–water partition coefficient (Wildman–Crippen LogP) is 2.08. The molecular formula is C43H65ClIN5O16. The minimum atomic E-state index is -1.83. The van der Waals surface area contributed by atoms with Gasteiger partial charge in [0.2, 0.25) is 11.8 Å². The third-order valence-corrected chi connectivity index (χ3v) is 11.5. The van der Waals surface area contributed by atoms with Gasteiger partial charge >= 0.3 is 12.1 Å². The summed E-state index contributed by atoms with van der Waals surface area (Å²) in [7, 11) is 4.49. The van der Waals surface area contributed by atoms with Crippen molar-refractivity contribution in [2.45, 2.75) is 75.3 Å². The molecule has 0 radical (unpaired) electrons. The number of benzene rings is 1. The van der Waals surface area contributed by atoms with E-state index in [0.29, 0.717) is 83.9 Å². The van der Waals surface area contributed by atoms with E-state index < -0.39 is 60.3 Å². The number of anilines is 1. The Morgan fingerprint density at radius 2 is 1.55 bits per heavy atom. The second-order valence-corrected chi connectivity index (χ2v) is 16.7. The number of hydrazine groups is 1. The number of esters is 1. The van der Waals surface area contributed by atoms with Crippen molar-refractivity contribution >= 4 is 64.0 Å². The van der Waals surface area contributed by atoms with Crippen LogP contribution in [0.15, 0.2) is 35.9 Å². The maximum absolute atomic E-state index is 14.0. The molecule has 0 spiro atoms. The third-order valence-electron chi connectivity index (χ3n) is 10.7. The molecule has 23 heteroatoms. The Bertz CT molecular complexity index is 1770. The molecule has 4 heterocycles. The van der Waals surface area contributed by atoms with E-state index in [1.807, 2.05) is 35.9 Å². The average Bonchev–Trinajstić information content (AvgIpc) is 3.27. The summed E-state index contributed by atoms with van der Waals surface area (Å²) in [6.07, 6.45) is 1.05. The van der Waals surface area contributed by atoms with Crippen molar-refractivity contribution in [3.8, 4) is 5.75 Å². The minimum Gasteiger partial charge on any atom is -0.495 e. The lowest BCUT2D eigenvalue weighted by molar-refractivity contribution is -0.280. The number of fused-ring (bicyclic) bond motifs is 6. The molecule has 4 aliphatic rings. The smallest absolute Gasteiger partial charge is 0.409 e. The van der Waals surface area contributed by atoms with E-state index in [9.17, 15) is 24.3 Å². The molecule has 5 rings (SSSR count). The number of carbonyl (C=O) groups excluding carboxylic acids is 4. The first-order valence-corrected chi connectivity index (χ1v) is 23.1. The summed E-state index contributed by atoms with van der Waals surface area (Å²) < 4.78 is 64.6. The Hall–Kier alpha value is -3.24. The molecule has 5 N–H and O–H groups in total. The number of allylic oxidation sites excluding steroid dienone is 3. The molecule has 2 saturated heterocycles. The number of amides is 3. The van der Waals surface area contributed by atoms with Crippen molar-refractivity contribution in [1.29, 1.82) is 0 Å². The number of hydrogen-bond donors (Lipinski definition) is 5. The summed E-state index contributed by atoms with van der Waals surface area (Å²) in [5.74, 6) is -0.921. The number of ether oxygens (including phenoxy) is 11. The highest BCUT2D eigenvalue weighted by Gasteiger charge is 2.57. The number of rotatable bonds is 26. The summed E-state index contributed by atoms with van der Waals surface area (Å²) in [4.78, 5) is 52.9. The van der Waals surface area contributed by atoms with Gasteiger partial charge in [0, 0.05) is 56.4 Å². The zero-order valence-corrected chi connectivity index (χ0v) is 41.1. The largest absolute Gasteiger partial charge is 0.495 e. The van der Waals surface area contributed by atoms with Gasteiger partial charge in [0.1, 0.15) is 41.3 Å². The van der Waals surface area contributed by atoms with Gasteiger partial charge in [-0.3, -0.25) is 14.9 Å². The van der Waals surface area contributed by atoms with Gasteiger partial charge in [-0.25, -0.2) is 15.0 Å². The summed E-state index contributed by atoms with van der Waals surface area (Å²) in [6, 6.07) is 3.58. The van der Waals surface area contributed by atoms with Crippen LogP contribution in [-0.4, -0.2) is 178 Å². The average molecular weight is 1070 g/mol. The van der Waals surface area contributed by atoms with E-state index >= 15 is 0 Å². The van der Waals surface area contributed by atoms with Crippen LogP contribution in [0.2, 0.25) is 5.02 Å². The van der Waals surface area contributed by atoms with Crippen molar-refractivity contribution in [3.05, 3.63) is 46.5 Å². The van der Waals surface area contributed by atoms with Crippen LogP contribution in [0.25, 0.3) is 0 Å². The van der Waals surface area contributed by atoms with Crippen molar-refractivity contribution in [2.75, 3.05) is 119 Å². The summed E-state index contributed by atoms with van der Waals surface area (Å²) in [5.41, 5.74) is 1.79. The molecule has 0 saturated carbocycles. The fourth-order valence-corrected chi connectivity index (χ4v) is 7.76. The quantitative estimate of drug-likeness (QED) is 0.0293. The molecule has 4 aliphatic heterocycles. The highest BCUT2D eigenvalue weighted by molar-refractivity contribution is 14.1. The molecule has 3 amide bonds. The molecule has 372 valence electrons. The van der Waals surface area contributed by atoms with E-state index in [0.717, 1.165) is 11.1 Å². The van der Waals surface area contributed by atoms with Crippen LogP contribution in [0.3, 0.4) is 0 Å². The Balaban J connectivity index is 1.21. The lowest BCUT2D eigenvalue weighted by Crippen LogP contribution is -2.68. The Morgan fingerprint density at radius 1 is 0.939 bits per heavy atom. The highest BCUT2D eigenvalue weighted by atomic mass is 127. The summed E-state index contributed by atoms with van der Waals surface area (Å²) in [5, 5.41) is 17.1. The van der Waals surface area contributed by atoms with E-state index in [1.165, 1.54) is 19.1 Å². The monoisotopic (exact) mass is 1070 g/mol. The Morgan fingerprint density at radius 3 is 2.14 bits per heavy atom. The number of methoxy groups -OCH3 is 2. The highest BCUT2D eigenvalue weighted by Crippen LogP contribution is 2.44. The van der Waals surface area contributed by atoms with Crippen molar-refractivity contribution in [3.63, 3.8) is 0 Å². The maximum atomic E-state index is 14.0. The number of nitrogens with one attached hydrogen (secondary N) is 4. The molecule has 66 heavy (non-hydrogen) atoms. The van der Waals surface area contributed by atoms with Gasteiger partial charge in [0.25, 0.3) is 0 Å². The first-order valence-electron chi connectivity index (χ1n) is 21.6.